The molecule has 1 unspecified atom stereocenters. The van der Waals surface area contributed by atoms with E-state index in [9.17, 15) is 8.42 Å². The molecule has 5 heteroatoms. The molecular formula is C13H20N2O2S. The number of sulfonamides is 1. The van der Waals surface area contributed by atoms with Crippen molar-refractivity contribution in [3.63, 3.8) is 0 Å². The zero-order valence-corrected chi connectivity index (χ0v) is 11.8. The van der Waals surface area contributed by atoms with Crippen LogP contribution < -0.4 is 10.5 Å². The molecule has 18 heavy (non-hydrogen) atoms. The predicted octanol–water partition coefficient (Wildman–Crippen LogP) is 1.90. The van der Waals surface area contributed by atoms with E-state index in [2.05, 4.69) is 18.6 Å². The Hall–Kier alpha value is -1.07. The lowest BCUT2D eigenvalue weighted by molar-refractivity contribution is 0.537. The summed E-state index contributed by atoms with van der Waals surface area (Å²) < 4.78 is 27.0. The van der Waals surface area contributed by atoms with Crippen molar-refractivity contribution >= 4 is 15.7 Å². The molecule has 0 radical (unpaired) electrons. The summed E-state index contributed by atoms with van der Waals surface area (Å²) in [7, 11) is -3.42. The third-order valence-corrected chi connectivity index (χ3v) is 5.31. The highest BCUT2D eigenvalue weighted by Gasteiger charge is 2.45. The predicted molar refractivity (Wildman–Crippen MR) is 72.7 cm³/mol. The lowest BCUT2D eigenvalue weighted by atomic mass is 10.1. The van der Waals surface area contributed by atoms with Crippen molar-refractivity contribution in [1.29, 1.82) is 0 Å². The first-order valence-electron chi connectivity index (χ1n) is 6.08. The van der Waals surface area contributed by atoms with Crippen LogP contribution in [0, 0.1) is 18.3 Å². The fraction of sp³-hybridized carbons (Fsp3) is 0.538. The van der Waals surface area contributed by atoms with Crippen molar-refractivity contribution in [3.8, 4) is 0 Å². The molecule has 1 aliphatic rings. The van der Waals surface area contributed by atoms with E-state index in [0.717, 1.165) is 6.42 Å². The maximum absolute atomic E-state index is 12.2. The van der Waals surface area contributed by atoms with E-state index in [0.29, 0.717) is 28.6 Å². The van der Waals surface area contributed by atoms with Gasteiger partial charge in [-0.15, -0.1) is 0 Å². The van der Waals surface area contributed by atoms with Gasteiger partial charge in [0.15, 0.2) is 0 Å². The largest absolute Gasteiger partial charge is 0.399 e. The van der Waals surface area contributed by atoms with Gasteiger partial charge >= 0.3 is 0 Å². The third-order valence-electron chi connectivity index (χ3n) is 3.73. The van der Waals surface area contributed by atoms with E-state index >= 15 is 0 Å². The number of hydrogen-bond donors (Lipinski definition) is 2. The second-order valence-corrected chi connectivity index (χ2v) is 7.50. The molecule has 100 valence electrons. The SMILES string of the molecule is Cc1cc(N)ccc1S(=O)(=O)NCC1CC1(C)C. The lowest BCUT2D eigenvalue weighted by Gasteiger charge is -2.10. The maximum Gasteiger partial charge on any atom is 0.240 e. The minimum Gasteiger partial charge on any atom is -0.399 e. The summed E-state index contributed by atoms with van der Waals surface area (Å²) in [5.74, 6) is 0.446. The highest BCUT2D eigenvalue weighted by atomic mass is 32.2. The fourth-order valence-electron chi connectivity index (χ4n) is 2.19. The standard InChI is InChI=1S/C13H20N2O2S/c1-9-6-11(14)4-5-12(9)18(16,17)15-8-10-7-13(10,2)3/h4-6,10,15H,7-8,14H2,1-3H3. The van der Waals surface area contributed by atoms with E-state index in [1.807, 2.05) is 0 Å². The van der Waals surface area contributed by atoms with Crippen LogP contribution in [0.1, 0.15) is 25.8 Å². The van der Waals surface area contributed by atoms with E-state index in [1.54, 1.807) is 25.1 Å². The van der Waals surface area contributed by atoms with Crippen LogP contribution in [0.2, 0.25) is 0 Å². The molecule has 0 bridgehead atoms. The van der Waals surface area contributed by atoms with Crippen molar-refractivity contribution in [3.05, 3.63) is 23.8 Å². The smallest absolute Gasteiger partial charge is 0.240 e. The first-order chi connectivity index (χ1) is 8.22. The normalized spacial score (nSPS) is 21.8. The Balaban J connectivity index is 2.11. The van der Waals surface area contributed by atoms with E-state index in [1.165, 1.54) is 0 Å². The molecule has 1 atom stereocenters. The van der Waals surface area contributed by atoms with Gasteiger partial charge in [-0.2, -0.15) is 0 Å². The van der Waals surface area contributed by atoms with E-state index in [4.69, 9.17) is 5.73 Å². The summed E-state index contributed by atoms with van der Waals surface area (Å²) in [6, 6.07) is 4.85. The Morgan fingerprint density at radius 2 is 2.06 bits per heavy atom. The Bertz CT molecular complexity index is 564. The third kappa shape index (κ3) is 2.67. The quantitative estimate of drug-likeness (QED) is 0.819. The lowest BCUT2D eigenvalue weighted by Crippen LogP contribution is -2.27. The Morgan fingerprint density at radius 3 is 2.56 bits per heavy atom. The summed E-state index contributed by atoms with van der Waals surface area (Å²) in [6.45, 7) is 6.58. The number of aryl methyl sites for hydroxylation is 1. The molecule has 1 fully saturated rings. The van der Waals surface area contributed by atoms with Crippen molar-refractivity contribution in [1.82, 2.24) is 4.72 Å². The van der Waals surface area contributed by atoms with Crippen LogP contribution in [0.4, 0.5) is 5.69 Å². The second kappa shape index (κ2) is 4.24. The van der Waals surface area contributed by atoms with Crippen LogP contribution >= 0.6 is 0 Å². The van der Waals surface area contributed by atoms with Crippen LogP contribution in [0.5, 0.6) is 0 Å². The number of anilines is 1. The van der Waals surface area contributed by atoms with Crippen molar-refractivity contribution < 1.29 is 8.42 Å². The monoisotopic (exact) mass is 268 g/mol. The average Bonchev–Trinajstić information content (AvgIpc) is 2.83. The van der Waals surface area contributed by atoms with Gasteiger partial charge in [-0.05, 0) is 48.4 Å². The first kappa shape index (κ1) is 13.4. The Kier molecular flexibility index (Phi) is 3.15. The van der Waals surface area contributed by atoms with Gasteiger partial charge in [-0.1, -0.05) is 13.8 Å². The van der Waals surface area contributed by atoms with Gasteiger partial charge < -0.3 is 5.73 Å². The van der Waals surface area contributed by atoms with Gasteiger partial charge in [0.25, 0.3) is 0 Å². The molecule has 1 aliphatic carbocycles. The molecular weight excluding hydrogens is 248 g/mol. The fourth-order valence-corrected chi connectivity index (χ4v) is 3.49. The molecule has 4 nitrogen and oxygen atoms in total. The van der Waals surface area contributed by atoms with Crippen LogP contribution in [0.3, 0.4) is 0 Å². The minimum atomic E-state index is -3.42. The molecule has 0 aliphatic heterocycles. The highest BCUT2D eigenvalue weighted by Crippen LogP contribution is 2.51. The molecule has 1 saturated carbocycles. The number of rotatable bonds is 4. The maximum atomic E-state index is 12.2. The average molecular weight is 268 g/mol. The molecule has 0 aromatic heterocycles. The van der Waals surface area contributed by atoms with Gasteiger partial charge in [-0.25, -0.2) is 13.1 Å². The zero-order valence-electron chi connectivity index (χ0n) is 11.0. The van der Waals surface area contributed by atoms with Crippen LogP contribution in [0.25, 0.3) is 0 Å². The highest BCUT2D eigenvalue weighted by molar-refractivity contribution is 7.89. The molecule has 1 aromatic carbocycles. The molecule has 1 aromatic rings. The molecule has 0 spiro atoms. The van der Waals surface area contributed by atoms with Gasteiger partial charge in [0.05, 0.1) is 4.90 Å². The second-order valence-electron chi connectivity index (χ2n) is 5.77. The number of benzene rings is 1. The van der Waals surface area contributed by atoms with Gasteiger partial charge in [0, 0.05) is 12.2 Å². The number of nitrogen functional groups attached to an aromatic ring is 1. The summed E-state index contributed by atoms with van der Waals surface area (Å²) >= 11 is 0. The van der Waals surface area contributed by atoms with Gasteiger partial charge in [0.1, 0.15) is 0 Å². The molecule has 0 saturated heterocycles. The number of nitrogens with two attached hydrogens (primary N) is 1. The molecule has 0 heterocycles. The summed E-state index contributed by atoms with van der Waals surface area (Å²) in [5.41, 5.74) is 7.16. The summed E-state index contributed by atoms with van der Waals surface area (Å²) in [5, 5.41) is 0. The van der Waals surface area contributed by atoms with Crippen molar-refractivity contribution in [2.45, 2.75) is 32.1 Å². The zero-order chi connectivity index (χ0) is 13.6. The first-order valence-corrected chi connectivity index (χ1v) is 7.56. The minimum absolute atomic E-state index is 0.276. The summed E-state index contributed by atoms with van der Waals surface area (Å²) in [4.78, 5) is 0.315. The van der Waals surface area contributed by atoms with Crippen LogP contribution in [-0.2, 0) is 10.0 Å². The number of nitrogens with one attached hydrogen (secondary N) is 1. The van der Waals surface area contributed by atoms with E-state index in [-0.39, 0.29) is 5.41 Å². The Labute approximate surface area is 109 Å². The van der Waals surface area contributed by atoms with Crippen LogP contribution in [-0.4, -0.2) is 15.0 Å². The Morgan fingerprint density at radius 1 is 1.44 bits per heavy atom. The molecule has 3 N–H and O–H groups in total. The van der Waals surface area contributed by atoms with E-state index < -0.39 is 10.0 Å². The number of hydrogen-bond acceptors (Lipinski definition) is 3. The van der Waals surface area contributed by atoms with Gasteiger partial charge in [0.2, 0.25) is 10.0 Å². The molecule has 2 rings (SSSR count). The van der Waals surface area contributed by atoms with Crippen LogP contribution in [0.15, 0.2) is 23.1 Å². The molecule has 0 amide bonds. The van der Waals surface area contributed by atoms with Gasteiger partial charge in [-0.3, -0.25) is 0 Å². The summed E-state index contributed by atoms with van der Waals surface area (Å²) in [6.07, 6.45) is 1.08. The topological polar surface area (TPSA) is 72.2 Å². The van der Waals surface area contributed by atoms with Crippen molar-refractivity contribution in [2.24, 2.45) is 11.3 Å². The van der Waals surface area contributed by atoms with Crippen molar-refractivity contribution in [2.75, 3.05) is 12.3 Å².